The van der Waals surface area contributed by atoms with Crippen molar-refractivity contribution in [1.29, 1.82) is 0 Å². The summed E-state index contributed by atoms with van der Waals surface area (Å²) in [7, 11) is 0. The highest BCUT2D eigenvalue weighted by molar-refractivity contribution is 5.88. The number of hydrogen-bond donors (Lipinski definition) is 2. The Hall–Kier alpha value is -2.15. The molecule has 1 heterocycles. The summed E-state index contributed by atoms with van der Waals surface area (Å²) in [5.41, 5.74) is -1.40. The molecular formula is C13H14FNO5. The van der Waals surface area contributed by atoms with Gasteiger partial charge in [0.05, 0.1) is 6.61 Å². The second-order valence-corrected chi connectivity index (χ2v) is 4.48. The van der Waals surface area contributed by atoms with Crippen molar-refractivity contribution in [2.75, 3.05) is 19.8 Å². The lowest BCUT2D eigenvalue weighted by Gasteiger charge is -2.23. The SMILES string of the molecule is O=C(COc1cccc(F)c1)NC1(C(=O)O)CCOC1. The predicted octanol–water partition coefficient (Wildman–Crippen LogP) is 0.564. The number of carbonyl (C=O) groups is 2. The lowest BCUT2D eigenvalue weighted by Crippen LogP contribution is -2.56. The van der Waals surface area contributed by atoms with Gasteiger partial charge in [-0.05, 0) is 12.1 Å². The molecule has 6 nitrogen and oxygen atoms in total. The van der Waals surface area contributed by atoms with Crippen LogP contribution in [0.5, 0.6) is 5.75 Å². The van der Waals surface area contributed by atoms with Gasteiger partial charge in [-0.25, -0.2) is 9.18 Å². The van der Waals surface area contributed by atoms with Crippen LogP contribution in [-0.4, -0.2) is 42.3 Å². The van der Waals surface area contributed by atoms with Crippen LogP contribution in [0.2, 0.25) is 0 Å². The maximum absolute atomic E-state index is 12.9. The Balaban J connectivity index is 1.90. The first-order valence-electron chi connectivity index (χ1n) is 6.02. The highest BCUT2D eigenvalue weighted by Crippen LogP contribution is 2.19. The van der Waals surface area contributed by atoms with E-state index < -0.39 is 29.8 Å². The molecule has 20 heavy (non-hydrogen) atoms. The predicted molar refractivity (Wildman–Crippen MR) is 65.8 cm³/mol. The van der Waals surface area contributed by atoms with E-state index in [1.165, 1.54) is 18.2 Å². The van der Waals surface area contributed by atoms with E-state index in [2.05, 4.69) is 5.32 Å². The molecule has 0 aromatic heterocycles. The monoisotopic (exact) mass is 283 g/mol. The highest BCUT2D eigenvalue weighted by Gasteiger charge is 2.43. The number of aliphatic carboxylic acids is 1. The second kappa shape index (κ2) is 5.87. The van der Waals surface area contributed by atoms with Crippen LogP contribution >= 0.6 is 0 Å². The van der Waals surface area contributed by atoms with Crippen molar-refractivity contribution in [2.45, 2.75) is 12.0 Å². The van der Waals surface area contributed by atoms with Crippen LogP contribution in [0.25, 0.3) is 0 Å². The summed E-state index contributed by atoms with van der Waals surface area (Å²) >= 11 is 0. The zero-order valence-electron chi connectivity index (χ0n) is 10.6. The first-order valence-corrected chi connectivity index (χ1v) is 6.02. The summed E-state index contributed by atoms with van der Waals surface area (Å²) in [5.74, 6) is -2.02. The van der Waals surface area contributed by atoms with Crippen molar-refractivity contribution in [1.82, 2.24) is 5.32 Å². The molecule has 0 spiro atoms. The van der Waals surface area contributed by atoms with E-state index in [0.717, 1.165) is 6.07 Å². The van der Waals surface area contributed by atoms with Crippen LogP contribution in [0.3, 0.4) is 0 Å². The van der Waals surface area contributed by atoms with E-state index in [-0.39, 0.29) is 25.4 Å². The van der Waals surface area contributed by atoms with E-state index in [4.69, 9.17) is 14.6 Å². The van der Waals surface area contributed by atoms with E-state index in [9.17, 15) is 14.0 Å². The van der Waals surface area contributed by atoms with Gasteiger partial charge in [0.15, 0.2) is 12.1 Å². The number of hydrogen-bond acceptors (Lipinski definition) is 4. The summed E-state index contributed by atoms with van der Waals surface area (Å²) in [6, 6.07) is 5.34. The van der Waals surface area contributed by atoms with E-state index in [1.807, 2.05) is 0 Å². The number of carboxylic acid groups (broad SMARTS) is 1. The van der Waals surface area contributed by atoms with Crippen molar-refractivity contribution in [3.8, 4) is 5.75 Å². The van der Waals surface area contributed by atoms with Crippen LogP contribution in [0, 0.1) is 5.82 Å². The molecule has 0 saturated carbocycles. The van der Waals surface area contributed by atoms with Gasteiger partial charge in [0.25, 0.3) is 5.91 Å². The molecule has 2 N–H and O–H groups in total. The zero-order valence-corrected chi connectivity index (χ0v) is 10.6. The Morgan fingerprint density at radius 2 is 2.30 bits per heavy atom. The van der Waals surface area contributed by atoms with Gasteiger partial charge in [-0.2, -0.15) is 0 Å². The molecule has 1 aliphatic heterocycles. The van der Waals surface area contributed by atoms with Gasteiger partial charge in [0.2, 0.25) is 0 Å². The first kappa shape index (κ1) is 14.3. The largest absolute Gasteiger partial charge is 0.484 e. The van der Waals surface area contributed by atoms with Gasteiger partial charge >= 0.3 is 5.97 Å². The first-order chi connectivity index (χ1) is 9.52. The third-order valence-electron chi connectivity index (χ3n) is 2.98. The van der Waals surface area contributed by atoms with E-state index >= 15 is 0 Å². The molecule has 0 radical (unpaired) electrons. The van der Waals surface area contributed by atoms with Crippen molar-refractivity contribution >= 4 is 11.9 Å². The van der Waals surface area contributed by atoms with Crippen molar-refractivity contribution in [3.63, 3.8) is 0 Å². The van der Waals surface area contributed by atoms with Gasteiger partial charge in [-0.15, -0.1) is 0 Å². The summed E-state index contributed by atoms with van der Waals surface area (Å²) in [4.78, 5) is 22.9. The van der Waals surface area contributed by atoms with Gasteiger partial charge in [0.1, 0.15) is 11.6 Å². The molecule has 0 bridgehead atoms. The van der Waals surface area contributed by atoms with Gasteiger partial charge in [-0.3, -0.25) is 4.79 Å². The molecule has 1 amide bonds. The number of amides is 1. The summed E-state index contributed by atoms with van der Waals surface area (Å²) in [5, 5.41) is 11.5. The molecule has 7 heteroatoms. The summed E-state index contributed by atoms with van der Waals surface area (Å²) in [6.45, 7) is -0.191. The second-order valence-electron chi connectivity index (χ2n) is 4.48. The van der Waals surface area contributed by atoms with Crippen LogP contribution in [0.1, 0.15) is 6.42 Å². The fourth-order valence-electron chi connectivity index (χ4n) is 1.89. The molecule has 1 saturated heterocycles. The highest BCUT2D eigenvalue weighted by atomic mass is 19.1. The fourth-order valence-corrected chi connectivity index (χ4v) is 1.89. The lowest BCUT2D eigenvalue weighted by atomic mass is 9.99. The van der Waals surface area contributed by atoms with Crippen LogP contribution < -0.4 is 10.1 Å². The quantitative estimate of drug-likeness (QED) is 0.825. The van der Waals surface area contributed by atoms with Gasteiger partial charge < -0.3 is 19.9 Å². The molecule has 2 rings (SSSR count). The smallest absolute Gasteiger partial charge is 0.331 e. The number of halogens is 1. The van der Waals surface area contributed by atoms with E-state index in [0.29, 0.717) is 0 Å². The molecule has 1 fully saturated rings. The summed E-state index contributed by atoms with van der Waals surface area (Å²) < 4.78 is 23.0. The van der Waals surface area contributed by atoms with Crippen LogP contribution in [0.4, 0.5) is 4.39 Å². The van der Waals surface area contributed by atoms with E-state index in [1.54, 1.807) is 0 Å². The van der Waals surface area contributed by atoms with Crippen molar-refractivity contribution in [2.24, 2.45) is 0 Å². The third-order valence-corrected chi connectivity index (χ3v) is 2.98. The fraction of sp³-hybridized carbons (Fsp3) is 0.385. The third kappa shape index (κ3) is 3.24. The van der Waals surface area contributed by atoms with Crippen molar-refractivity contribution < 1.29 is 28.6 Å². The number of benzene rings is 1. The molecule has 1 aromatic rings. The molecule has 1 aromatic carbocycles. The Labute approximate surface area is 114 Å². The number of carboxylic acids is 1. The maximum Gasteiger partial charge on any atom is 0.331 e. The average molecular weight is 283 g/mol. The molecule has 0 aliphatic carbocycles. The zero-order chi connectivity index (χ0) is 14.6. The van der Waals surface area contributed by atoms with Gasteiger partial charge in [-0.1, -0.05) is 6.07 Å². The number of carbonyl (C=O) groups excluding carboxylic acids is 1. The maximum atomic E-state index is 12.9. The van der Waals surface area contributed by atoms with Crippen LogP contribution in [0.15, 0.2) is 24.3 Å². The Morgan fingerprint density at radius 1 is 1.50 bits per heavy atom. The molecule has 108 valence electrons. The topological polar surface area (TPSA) is 84.9 Å². The Bertz CT molecular complexity index is 513. The Morgan fingerprint density at radius 3 is 2.90 bits per heavy atom. The minimum absolute atomic E-state index is 0.0754. The molecule has 1 atom stereocenters. The molecule has 1 unspecified atom stereocenters. The molecular weight excluding hydrogens is 269 g/mol. The minimum atomic E-state index is -1.40. The van der Waals surface area contributed by atoms with Gasteiger partial charge in [0, 0.05) is 19.1 Å². The number of rotatable bonds is 5. The average Bonchev–Trinajstić information content (AvgIpc) is 2.86. The van der Waals surface area contributed by atoms with Crippen molar-refractivity contribution in [3.05, 3.63) is 30.1 Å². The van der Waals surface area contributed by atoms with Crippen LogP contribution in [-0.2, 0) is 14.3 Å². The summed E-state index contributed by atoms with van der Waals surface area (Å²) in [6.07, 6.45) is 0.202. The lowest BCUT2D eigenvalue weighted by molar-refractivity contribution is -0.148. The minimum Gasteiger partial charge on any atom is -0.484 e. The standard InChI is InChI=1S/C13H14FNO5/c14-9-2-1-3-10(6-9)20-7-11(16)15-13(12(17)18)4-5-19-8-13/h1-3,6H,4-5,7-8H2,(H,15,16)(H,17,18). The number of nitrogens with one attached hydrogen (secondary N) is 1. The number of ether oxygens (including phenoxy) is 2. The normalized spacial score (nSPS) is 21.4. The Kier molecular flexibility index (Phi) is 4.19. The molecule has 1 aliphatic rings.